The van der Waals surface area contributed by atoms with E-state index >= 15 is 0 Å². The third-order valence-corrected chi connectivity index (χ3v) is 2.68. The number of pyridine rings is 1. The van der Waals surface area contributed by atoms with Gasteiger partial charge in [-0.25, -0.2) is 0 Å². The molecule has 0 unspecified atom stereocenters. The molecule has 0 bridgehead atoms. The second-order valence-electron chi connectivity index (χ2n) is 3.93. The molecule has 1 N–H and O–H groups in total. The Bertz CT molecular complexity index is 582. The molecule has 0 aliphatic carbocycles. The van der Waals surface area contributed by atoms with Crippen LogP contribution in [-0.4, -0.2) is 10.9 Å². The largest absolute Gasteiger partial charge is 0.347 e. The van der Waals surface area contributed by atoms with Crippen molar-refractivity contribution >= 4 is 23.6 Å². The van der Waals surface area contributed by atoms with Crippen LogP contribution < -0.4 is 5.32 Å². The number of aromatic nitrogens is 1. The summed E-state index contributed by atoms with van der Waals surface area (Å²) in [4.78, 5) is 15.7. The minimum absolute atomic E-state index is 0.161. The summed E-state index contributed by atoms with van der Waals surface area (Å²) in [6.07, 6.45) is 4.90. The summed E-state index contributed by atoms with van der Waals surface area (Å²) in [6, 6.07) is 12.9. The number of rotatable bonds is 4. The van der Waals surface area contributed by atoms with E-state index in [1.54, 1.807) is 24.4 Å². The monoisotopic (exact) mass is 272 g/mol. The summed E-state index contributed by atoms with van der Waals surface area (Å²) in [6.45, 7) is 0.416. The lowest BCUT2D eigenvalue weighted by Gasteiger charge is -2.01. The van der Waals surface area contributed by atoms with Crippen molar-refractivity contribution in [1.82, 2.24) is 10.3 Å². The number of nitrogens with zero attached hydrogens (tertiary/aromatic N) is 1. The van der Waals surface area contributed by atoms with Crippen molar-refractivity contribution in [3.63, 3.8) is 0 Å². The zero-order chi connectivity index (χ0) is 13.5. The summed E-state index contributed by atoms with van der Waals surface area (Å²) in [5.74, 6) is -0.161. The summed E-state index contributed by atoms with van der Waals surface area (Å²) < 4.78 is 0. The van der Waals surface area contributed by atoms with E-state index in [4.69, 9.17) is 11.6 Å². The van der Waals surface area contributed by atoms with Crippen LogP contribution in [0.2, 0.25) is 5.02 Å². The molecule has 0 spiro atoms. The fourth-order valence-corrected chi connectivity index (χ4v) is 1.72. The molecule has 2 aromatic rings. The highest BCUT2D eigenvalue weighted by Gasteiger charge is 1.97. The Morgan fingerprint density at radius 1 is 1.26 bits per heavy atom. The van der Waals surface area contributed by atoms with Gasteiger partial charge in [0.15, 0.2) is 0 Å². The highest BCUT2D eigenvalue weighted by atomic mass is 35.5. The van der Waals surface area contributed by atoms with Gasteiger partial charge in [0.2, 0.25) is 5.91 Å². The minimum Gasteiger partial charge on any atom is -0.347 e. The molecule has 0 saturated carbocycles. The number of carbonyl (C=O) groups is 1. The molecule has 0 aliphatic heterocycles. The summed E-state index contributed by atoms with van der Waals surface area (Å²) in [7, 11) is 0. The van der Waals surface area contributed by atoms with E-state index in [-0.39, 0.29) is 5.91 Å². The van der Waals surface area contributed by atoms with E-state index in [1.807, 2.05) is 30.3 Å². The average Bonchev–Trinajstić information content (AvgIpc) is 2.44. The van der Waals surface area contributed by atoms with Gasteiger partial charge < -0.3 is 5.32 Å². The minimum atomic E-state index is -0.161. The quantitative estimate of drug-likeness (QED) is 0.869. The summed E-state index contributed by atoms with van der Waals surface area (Å²) in [5.41, 5.74) is 1.72. The number of halogens is 1. The topological polar surface area (TPSA) is 42.0 Å². The van der Waals surface area contributed by atoms with E-state index < -0.39 is 0 Å². The molecule has 0 aliphatic rings. The van der Waals surface area contributed by atoms with Gasteiger partial charge in [-0.1, -0.05) is 29.8 Å². The van der Waals surface area contributed by atoms with Crippen LogP contribution in [0.25, 0.3) is 6.08 Å². The van der Waals surface area contributed by atoms with Gasteiger partial charge in [0.05, 0.1) is 12.2 Å². The molecule has 0 atom stereocenters. The summed E-state index contributed by atoms with van der Waals surface area (Å²) >= 11 is 5.86. The van der Waals surface area contributed by atoms with E-state index in [9.17, 15) is 4.79 Å². The molecule has 1 aromatic carbocycles. The first-order chi connectivity index (χ1) is 9.24. The molecule has 0 fully saturated rings. The normalized spacial score (nSPS) is 10.6. The third kappa shape index (κ3) is 4.56. The molecule has 0 radical (unpaired) electrons. The van der Waals surface area contributed by atoms with Crippen LogP contribution in [0.5, 0.6) is 0 Å². The van der Waals surface area contributed by atoms with Gasteiger partial charge in [-0.15, -0.1) is 0 Å². The van der Waals surface area contributed by atoms with E-state index in [1.165, 1.54) is 6.08 Å². The average molecular weight is 273 g/mol. The van der Waals surface area contributed by atoms with Gasteiger partial charge in [0, 0.05) is 17.3 Å². The maximum absolute atomic E-state index is 11.6. The number of hydrogen-bond donors (Lipinski definition) is 1. The highest BCUT2D eigenvalue weighted by Crippen LogP contribution is 2.11. The number of carbonyl (C=O) groups excluding carboxylic acids is 1. The Morgan fingerprint density at radius 2 is 2.16 bits per heavy atom. The van der Waals surface area contributed by atoms with Crippen molar-refractivity contribution in [3.8, 4) is 0 Å². The van der Waals surface area contributed by atoms with Gasteiger partial charge in [-0.3, -0.25) is 9.78 Å². The molecule has 1 heterocycles. The van der Waals surface area contributed by atoms with Crippen molar-refractivity contribution in [1.29, 1.82) is 0 Å². The number of benzene rings is 1. The van der Waals surface area contributed by atoms with Crippen LogP contribution in [0.4, 0.5) is 0 Å². The molecular formula is C15H13ClN2O. The van der Waals surface area contributed by atoms with Crippen LogP contribution in [-0.2, 0) is 11.3 Å². The second-order valence-corrected chi connectivity index (χ2v) is 4.36. The highest BCUT2D eigenvalue weighted by molar-refractivity contribution is 6.30. The Labute approximate surface area is 116 Å². The molecule has 96 valence electrons. The van der Waals surface area contributed by atoms with E-state index in [0.717, 1.165) is 11.3 Å². The maximum atomic E-state index is 11.6. The van der Waals surface area contributed by atoms with Crippen LogP contribution in [0.15, 0.2) is 54.7 Å². The lowest BCUT2D eigenvalue weighted by atomic mass is 10.2. The van der Waals surface area contributed by atoms with Crippen LogP contribution in [0.3, 0.4) is 0 Å². The third-order valence-electron chi connectivity index (χ3n) is 2.45. The molecule has 19 heavy (non-hydrogen) atoms. The second kappa shape index (κ2) is 6.71. The van der Waals surface area contributed by atoms with E-state index in [0.29, 0.717) is 11.6 Å². The first-order valence-corrected chi connectivity index (χ1v) is 6.23. The molecule has 4 heteroatoms. The summed E-state index contributed by atoms with van der Waals surface area (Å²) in [5, 5.41) is 3.41. The fraction of sp³-hybridized carbons (Fsp3) is 0.0667. The molecule has 1 aromatic heterocycles. The van der Waals surface area contributed by atoms with Crippen molar-refractivity contribution in [2.75, 3.05) is 0 Å². The van der Waals surface area contributed by atoms with Crippen LogP contribution >= 0.6 is 11.6 Å². The maximum Gasteiger partial charge on any atom is 0.244 e. The Hall–Kier alpha value is -2.13. The molecule has 0 saturated heterocycles. The Balaban J connectivity index is 1.88. The number of nitrogens with one attached hydrogen (secondary N) is 1. The van der Waals surface area contributed by atoms with Gasteiger partial charge >= 0.3 is 0 Å². The van der Waals surface area contributed by atoms with Crippen molar-refractivity contribution in [3.05, 3.63) is 71.0 Å². The Morgan fingerprint density at radius 3 is 2.89 bits per heavy atom. The van der Waals surface area contributed by atoms with Gasteiger partial charge in [0.25, 0.3) is 0 Å². The van der Waals surface area contributed by atoms with Crippen molar-refractivity contribution in [2.24, 2.45) is 0 Å². The SMILES string of the molecule is O=C(C=Cc1cccc(Cl)c1)NCc1ccccn1. The molecule has 3 nitrogen and oxygen atoms in total. The first kappa shape index (κ1) is 13.3. The zero-order valence-corrected chi connectivity index (χ0v) is 11.0. The molecule has 2 rings (SSSR count). The first-order valence-electron chi connectivity index (χ1n) is 5.85. The van der Waals surface area contributed by atoms with Gasteiger partial charge in [-0.05, 0) is 35.9 Å². The predicted octanol–water partition coefficient (Wildman–Crippen LogP) is 3.06. The number of amides is 1. The lowest BCUT2D eigenvalue weighted by molar-refractivity contribution is -0.116. The van der Waals surface area contributed by atoms with Crippen molar-refractivity contribution in [2.45, 2.75) is 6.54 Å². The molecule has 1 amide bonds. The van der Waals surface area contributed by atoms with Gasteiger partial charge in [0.1, 0.15) is 0 Å². The standard InChI is InChI=1S/C15H13ClN2O/c16-13-5-3-4-12(10-13)7-8-15(19)18-11-14-6-1-2-9-17-14/h1-10H,11H2,(H,18,19). The van der Waals surface area contributed by atoms with Crippen LogP contribution in [0.1, 0.15) is 11.3 Å². The zero-order valence-electron chi connectivity index (χ0n) is 10.2. The fourth-order valence-electron chi connectivity index (χ4n) is 1.52. The smallest absolute Gasteiger partial charge is 0.244 e. The lowest BCUT2D eigenvalue weighted by Crippen LogP contribution is -2.20. The van der Waals surface area contributed by atoms with E-state index in [2.05, 4.69) is 10.3 Å². The Kier molecular flexibility index (Phi) is 4.70. The molecular weight excluding hydrogens is 260 g/mol. The van der Waals surface area contributed by atoms with Crippen molar-refractivity contribution < 1.29 is 4.79 Å². The van der Waals surface area contributed by atoms with Crippen LogP contribution in [0, 0.1) is 0 Å². The van der Waals surface area contributed by atoms with Gasteiger partial charge in [-0.2, -0.15) is 0 Å². The predicted molar refractivity (Wildman–Crippen MR) is 76.6 cm³/mol. The number of hydrogen-bond acceptors (Lipinski definition) is 2.